The van der Waals surface area contributed by atoms with Gasteiger partial charge in [-0.25, -0.2) is 4.79 Å². The zero-order valence-electron chi connectivity index (χ0n) is 12.6. The summed E-state index contributed by atoms with van der Waals surface area (Å²) in [6.45, 7) is 0.996. The van der Waals surface area contributed by atoms with E-state index in [1.54, 1.807) is 6.20 Å². The van der Waals surface area contributed by atoms with Crippen LogP contribution in [0.15, 0.2) is 35.3 Å². The number of likely N-dealkylation sites (N-methyl/N-ethyl adjacent to an activating group) is 1. The highest BCUT2D eigenvalue weighted by Gasteiger charge is 2.38. The maximum absolute atomic E-state index is 11.6. The number of rotatable bonds is 3. The van der Waals surface area contributed by atoms with E-state index < -0.39 is 12.1 Å². The Morgan fingerprint density at radius 3 is 2.39 bits per heavy atom. The molecular formula is C15H17F3N2O3. The van der Waals surface area contributed by atoms with Gasteiger partial charge in [-0.1, -0.05) is 12.1 Å². The monoisotopic (exact) mass is 330 g/mol. The first-order valence-electron chi connectivity index (χ1n) is 6.66. The predicted octanol–water partition coefficient (Wildman–Crippen LogP) is 2.27. The van der Waals surface area contributed by atoms with Crippen molar-refractivity contribution in [3.63, 3.8) is 0 Å². The molecule has 0 saturated heterocycles. The van der Waals surface area contributed by atoms with Crippen molar-refractivity contribution >= 4 is 16.7 Å². The third-order valence-electron chi connectivity index (χ3n) is 2.93. The standard InChI is InChI=1S/C13H16N2O.C2HF3O2/c1-15(2)8-6-10-3-4-11-5-7-14-13(16)12(11)9-10;3-2(4,5)1(6)7/h3-5,7,9H,6,8H2,1-2H3,(H,14,16);(H,6,7). The number of nitrogens with one attached hydrogen (secondary N) is 1. The van der Waals surface area contributed by atoms with Crippen molar-refractivity contribution in [3.05, 3.63) is 46.4 Å². The number of aromatic amines is 1. The quantitative estimate of drug-likeness (QED) is 0.905. The molecule has 0 unspecified atom stereocenters. The molecule has 0 aliphatic heterocycles. The number of hydrogen-bond donors (Lipinski definition) is 2. The number of benzene rings is 1. The van der Waals surface area contributed by atoms with Gasteiger partial charge in [0.2, 0.25) is 0 Å². The largest absolute Gasteiger partial charge is 0.490 e. The summed E-state index contributed by atoms with van der Waals surface area (Å²) in [6, 6.07) is 8.00. The van der Waals surface area contributed by atoms with Gasteiger partial charge in [0.1, 0.15) is 0 Å². The van der Waals surface area contributed by atoms with E-state index in [-0.39, 0.29) is 5.56 Å². The lowest BCUT2D eigenvalue weighted by Gasteiger charge is -2.09. The van der Waals surface area contributed by atoms with Crippen LogP contribution in [0.3, 0.4) is 0 Å². The van der Waals surface area contributed by atoms with E-state index in [1.165, 1.54) is 5.56 Å². The number of carboxylic acids is 1. The molecule has 23 heavy (non-hydrogen) atoms. The van der Waals surface area contributed by atoms with Crippen LogP contribution in [-0.2, 0) is 11.2 Å². The maximum atomic E-state index is 11.6. The Morgan fingerprint density at radius 2 is 1.87 bits per heavy atom. The Kier molecular flexibility index (Phi) is 6.32. The minimum absolute atomic E-state index is 0.01000. The summed E-state index contributed by atoms with van der Waals surface area (Å²) < 4.78 is 31.7. The van der Waals surface area contributed by atoms with E-state index in [2.05, 4.69) is 16.0 Å². The van der Waals surface area contributed by atoms with Crippen LogP contribution in [0, 0.1) is 0 Å². The number of halogens is 3. The molecule has 0 radical (unpaired) electrons. The van der Waals surface area contributed by atoms with E-state index in [0.29, 0.717) is 0 Å². The third-order valence-corrected chi connectivity index (χ3v) is 2.93. The van der Waals surface area contributed by atoms with Crippen LogP contribution < -0.4 is 5.56 Å². The van der Waals surface area contributed by atoms with Crippen LogP contribution in [0.4, 0.5) is 13.2 Å². The number of aliphatic carboxylic acids is 1. The highest BCUT2D eigenvalue weighted by Crippen LogP contribution is 2.13. The number of carbonyl (C=O) groups is 1. The molecule has 0 saturated carbocycles. The molecule has 0 aliphatic rings. The number of aromatic nitrogens is 1. The van der Waals surface area contributed by atoms with Gasteiger partial charge in [0, 0.05) is 18.1 Å². The van der Waals surface area contributed by atoms with Gasteiger partial charge in [-0.2, -0.15) is 13.2 Å². The molecule has 126 valence electrons. The second-order valence-corrected chi connectivity index (χ2v) is 5.08. The van der Waals surface area contributed by atoms with E-state index in [9.17, 15) is 18.0 Å². The molecule has 2 aromatic rings. The normalized spacial score (nSPS) is 11.2. The SMILES string of the molecule is CN(C)CCc1ccc2cc[nH]c(=O)c2c1.O=C(O)C(F)(F)F. The fourth-order valence-corrected chi connectivity index (χ4v) is 1.74. The Labute approximate surface area is 130 Å². The molecule has 0 atom stereocenters. The van der Waals surface area contributed by atoms with Crippen LogP contribution in [0.1, 0.15) is 5.56 Å². The van der Waals surface area contributed by atoms with Crippen LogP contribution in [-0.4, -0.2) is 47.8 Å². The first kappa shape index (κ1) is 18.7. The molecule has 1 heterocycles. The molecule has 5 nitrogen and oxygen atoms in total. The van der Waals surface area contributed by atoms with Gasteiger partial charge < -0.3 is 15.0 Å². The topological polar surface area (TPSA) is 73.4 Å². The van der Waals surface area contributed by atoms with Gasteiger partial charge in [0.15, 0.2) is 0 Å². The van der Waals surface area contributed by atoms with E-state index >= 15 is 0 Å². The number of hydrogen-bond acceptors (Lipinski definition) is 3. The predicted molar refractivity (Wildman–Crippen MR) is 80.5 cm³/mol. The Morgan fingerprint density at radius 1 is 1.26 bits per heavy atom. The summed E-state index contributed by atoms with van der Waals surface area (Å²) in [5.41, 5.74) is 1.20. The van der Waals surface area contributed by atoms with Crippen molar-refractivity contribution in [3.8, 4) is 0 Å². The van der Waals surface area contributed by atoms with Gasteiger partial charge in [-0.15, -0.1) is 0 Å². The number of fused-ring (bicyclic) bond motifs is 1. The number of H-pyrrole nitrogens is 1. The molecule has 8 heteroatoms. The van der Waals surface area contributed by atoms with Crippen molar-refractivity contribution in [1.29, 1.82) is 0 Å². The molecule has 1 aromatic carbocycles. The van der Waals surface area contributed by atoms with Crippen molar-refractivity contribution in [2.24, 2.45) is 0 Å². The lowest BCUT2D eigenvalue weighted by Crippen LogP contribution is -2.21. The lowest BCUT2D eigenvalue weighted by molar-refractivity contribution is -0.192. The molecule has 1 aromatic heterocycles. The summed E-state index contributed by atoms with van der Waals surface area (Å²) in [6.07, 6.45) is -2.43. The van der Waals surface area contributed by atoms with Gasteiger partial charge in [-0.05, 0) is 43.6 Å². The number of pyridine rings is 1. The molecule has 2 rings (SSSR count). The van der Waals surface area contributed by atoms with Gasteiger partial charge in [0.05, 0.1) is 0 Å². The lowest BCUT2D eigenvalue weighted by atomic mass is 10.1. The summed E-state index contributed by atoms with van der Waals surface area (Å²) in [5.74, 6) is -2.76. The van der Waals surface area contributed by atoms with Gasteiger partial charge >= 0.3 is 12.1 Å². The van der Waals surface area contributed by atoms with E-state index in [0.717, 1.165) is 23.7 Å². The maximum Gasteiger partial charge on any atom is 0.490 e. The molecule has 0 aliphatic carbocycles. The van der Waals surface area contributed by atoms with Crippen molar-refractivity contribution in [1.82, 2.24) is 9.88 Å². The van der Waals surface area contributed by atoms with Crippen molar-refractivity contribution in [2.75, 3.05) is 20.6 Å². The summed E-state index contributed by atoms with van der Waals surface area (Å²) >= 11 is 0. The van der Waals surface area contributed by atoms with Gasteiger partial charge in [0.25, 0.3) is 5.56 Å². The highest BCUT2D eigenvalue weighted by molar-refractivity contribution is 5.81. The summed E-state index contributed by atoms with van der Waals surface area (Å²) in [4.78, 5) is 25.3. The average Bonchev–Trinajstić information content (AvgIpc) is 2.45. The smallest absolute Gasteiger partial charge is 0.475 e. The second kappa shape index (κ2) is 7.77. The van der Waals surface area contributed by atoms with E-state index in [1.807, 2.05) is 32.3 Å². The summed E-state index contributed by atoms with van der Waals surface area (Å²) in [5, 5.41) is 8.90. The van der Waals surface area contributed by atoms with E-state index in [4.69, 9.17) is 9.90 Å². The Bertz CT molecular complexity index is 724. The molecule has 0 spiro atoms. The number of carboxylic acid groups (broad SMARTS) is 1. The molecular weight excluding hydrogens is 313 g/mol. The van der Waals surface area contributed by atoms with Crippen molar-refractivity contribution < 1.29 is 23.1 Å². The third kappa shape index (κ3) is 6.11. The van der Waals surface area contributed by atoms with Crippen molar-refractivity contribution in [2.45, 2.75) is 12.6 Å². The van der Waals surface area contributed by atoms with Crippen LogP contribution in [0.25, 0.3) is 10.8 Å². The fourth-order valence-electron chi connectivity index (χ4n) is 1.74. The minimum Gasteiger partial charge on any atom is -0.475 e. The number of alkyl halides is 3. The first-order chi connectivity index (χ1) is 10.6. The van der Waals surface area contributed by atoms with Crippen LogP contribution in [0.2, 0.25) is 0 Å². The Hall–Kier alpha value is -2.35. The number of nitrogens with zero attached hydrogens (tertiary/aromatic N) is 1. The van der Waals surface area contributed by atoms with Crippen LogP contribution in [0.5, 0.6) is 0 Å². The second-order valence-electron chi connectivity index (χ2n) is 5.08. The average molecular weight is 330 g/mol. The van der Waals surface area contributed by atoms with Gasteiger partial charge in [-0.3, -0.25) is 4.79 Å². The molecule has 0 amide bonds. The zero-order chi connectivity index (χ0) is 17.6. The zero-order valence-corrected chi connectivity index (χ0v) is 12.6. The minimum atomic E-state index is -5.08. The fraction of sp³-hybridized carbons (Fsp3) is 0.333. The first-order valence-corrected chi connectivity index (χ1v) is 6.66. The molecule has 0 bridgehead atoms. The highest BCUT2D eigenvalue weighted by atomic mass is 19.4. The summed E-state index contributed by atoms with van der Waals surface area (Å²) in [7, 11) is 4.10. The molecule has 0 fully saturated rings. The Balaban J connectivity index is 0.000000322. The van der Waals surface area contributed by atoms with Crippen LogP contribution >= 0.6 is 0 Å². The molecule has 2 N–H and O–H groups in total.